The molecular formula is C12H18N4O2. The minimum atomic E-state index is -0.352. The largest absolute Gasteiger partial charge is 0.345 e. The van der Waals surface area contributed by atoms with Crippen molar-refractivity contribution in [3.05, 3.63) is 27.9 Å². The monoisotopic (exact) mass is 250 g/mol. The van der Waals surface area contributed by atoms with Crippen molar-refractivity contribution in [1.29, 1.82) is 0 Å². The van der Waals surface area contributed by atoms with Crippen molar-refractivity contribution in [1.82, 2.24) is 10.3 Å². The minimum absolute atomic E-state index is 0.0935. The van der Waals surface area contributed by atoms with E-state index in [4.69, 9.17) is 0 Å². The van der Waals surface area contributed by atoms with Gasteiger partial charge in [0.2, 0.25) is 5.82 Å². The number of piperazine rings is 1. The van der Waals surface area contributed by atoms with Crippen LogP contribution in [0.5, 0.6) is 0 Å². The first-order valence-corrected chi connectivity index (χ1v) is 6.10. The van der Waals surface area contributed by atoms with Gasteiger partial charge in [0, 0.05) is 37.4 Å². The number of hydrogen-bond donors (Lipinski definition) is 1. The summed E-state index contributed by atoms with van der Waals surface area (Å²) in [7, 11) is 0. The molecule has 2 heterocycles. The van der Waals surface area contributed by atoms with Crippen molar-refractivity contribution in [3.8, 4) is 0 Å². The van der Waals surface area contributed by atoms with Crippen molar-refractivity contribution < 1.29 is 4.92 Å². The Bertz CT molecular complexity index is 463. The summed E-state index contributed by atoms with van der Waals surface area (Å²) in [6.07, 6.45) is 1.68. The summed E-state index contributed by atoms with van der Waals surface area (Å²) >= 11 is 0. The molecule has 1 aliphatic heterocycles. The predicted octanol–water partition coefficient (Wildman–Crippen LogP) is 1.48. The number of hydrogen-bond acceptors (Lipinski definition) is 5. The molecule has 1 fully saturated rings. The summed E-state index contributed by atoms with van der Waals surface area (Å²) in [5.41, 5.74) is 0.900. The van der Waals surface area contributed by atoms with E-state index in [-0.39, 0.29) is 16.7 Å². The van der Waals surface area contributed by atoms with E-state index in [0.717, 1.165) is 18.7 Å². The van der Waals surface area contributed by atoms with Crippen LogP contribution in [0.2, 0.25) is 0 Å². The number of aromatic nitrogens is 1. The van der Waals surface area contributed by atoms with Crippen LogP contribution >= 0.6 is 0 Å². The van der Waals surface area contributed by atoms with Crippen molar-refractivity contribution in [2.24, 2.45) is 0 Å². The first-order chi connectivity index (χ1) is 8.49. The van der Waals surface area contributed by atoms with Gasteiger partial charge in [0.05, 0.1) is 4.92 Å². The highest BCUT2D eigenvalue weighted by Gasteiger charge is 2.29. The number of nitrogens with one attached hydrogen (secondary N) is 1. The van der Waals surface area contributed by atoms with Gasteiger partial charge in [0.15, 0.2) is 0 Å². The number of pyridine rings is 1. The predicted molar refractivity (Wildman–Crippen MR) is 69.9 cm³/mol. The SMILES string of the molecule is Cc1cnc(N2CC(C)NCC2C)c([N+](=O)[O-])c1. The van der Waals surface area contributed by atoms with Gasteiger partial charge >= 0.3 is 5.69 Å². The lowest BCUT2D eigenvalue weighted by molar-refractivity contribution is -0.384. The average Bonchev–Trinajstić information content (AvgIpc) is 2.32. The molecule has 18 heavy (non-hydrogen) atoms. The fourth-order valence-electron chi connectivity index (χ4n) is 2.22. The molecule has 2 rings (SSSR count). The topological polar surface area (TPSA) is 71.3 Å². The first kappa shape index (κ1) is 12.8. The second-order valence-electron chi connectivity index (χ2n) is 4.92. The summed E-state index contributed by atoms with van der Waals surface area (Å²) in [6, 6.07) is 2.10. The molecule has 0 bridgehead atoms. The highest BCUT2D eigenvalue weighted by atomic mass is 16.6. The third-order valence-electron chi connectivity index (χ3n) is 3.22. The van der Waals surface area contributed by atoms with Gasteiger partial charge in [-0.2, -0.15) is 0 Å². The molecule has 98 valence electrons. The lowest BCUT2D eigenvalue weighted by Crippen LogP contribution is -2.54. The van der Waals surface area contributed by atoms with Crippen LogP contribution in [0.15, 0.2) is 12.3 Å². The van der Waals surface area contributed by atoms with Crippen LogP contribution in [-0.4, -0.2) is 35.1 Å². The molecule has 0 radical (unpaired) electrons. The van der Waals surface area contributed by atoms with Crippen LogP contribution in [0.25, 0.3) is 0 Å². The summed E-state index contributed by atoms with van der Waals surface area (Å²) in [4.78, 5) is 17.1. The Morgan fingerprint density at radius 1 is 1.56 bits per heavy atom. The number of rotatable bonds is 2. The molecule has 1 aliphatic rings. The lowest BCUT2D eigenvalue weighted by atomic mass is 10.1. The van der Waals surface area contributed by atoms with Gasteiger partial charge in [-0.1, -0.05) is 0 Å². The number of nitrogens with zero attached hydrogens (tertiary/aromatic N) is 3. The molecule has 6 nitrogen and oxygen atoms in total. The third kappa shape index (κ3) is 2.43. The standard InChI is InChI=1S/C12H18N4O2/c1-8-4-11(16(17)18)12(14-5-8)15-7-9(2)13-6-10(15)3/h4-5,9-10,13H,6-7H2,1-3H3. The van der Waals surface area contributed by atoms with E-state index in [0.29, 0.717) is 11.9 Å². The fraction of sp³-hybridized carbons (Fsp3) is 0.583. The van der Waals surface area contributed by atoms with E-state index in [2.05, 4.69) is 17.2 Å². The van der Waals surface area contributed by atoms with E-state index in [1.165, 1.54) is 0 Å². The molecule has 0 saturated carbocycles. The zero-order valence-corrected chi connectivity index (χ0v) is 10.9. The highest BCUT2D eigenvalue weighted by Crippen LogP contribution is 2.28. The zero-order chi connectivity index (χ0) is 13.3. The van der Waals surface area contributed by atoms with Crippen LogP contribution in [0.4, 0.5) is 11.5 Å². The average molecular weight is 250 g/mol. The van der Waals surface area contributed by atoms with Crippen LogP contribution < -0.4 is 10.2 Å². The molecule has 1 saturated heterocycles. The minimum Gasteiger partial charge on any atom is -0.345 e. The quantitative estimate of drug-likeness (QED) is 0.636. The van der Waals surface area contributed by atoms with Gasteiger partial charge in [-0.3, -0.25) is 10.1 Å². The Labute approximate surface area is 106 Å². The second-order valence-corrected chi connectivity index (χ2v) is 4.92. The van der Waals surface area contributed by atoms with Crippen molar-refractivity contribution in [2.45, 2.75) is 32.9 Å². The molecule has 2 unspecified atom stereocenters. The van der Waals surface area contributed by atoms with E-state index in [1.54, 1.807) is 12.3 Å². The molecule has 2 atom stereocenters. The maximum absolute atomic E-state index is 11.1. The number of nitro groups is 1. The van der Waals surface area contributed by atoms with E-state index in [9.17, 15) is 10.1 Å². The first-order valence-electron chi connectivity index (χ1n) is 6.10. The van der Waals surface area contributed by atoms with Crippen LogP contribution in [0.1, 0.15) is 19.4 Å². The summed E-state index contributed by atoms with van der Waals surface area (Å²) in [6.45, 7) is 7.47. The Morgan fingerprint density at radius 3 is 2.94 bits per heavy atom. The molecule has 1 N–H and O–H groups in total. The highest BCUT2D eigenvalue weighted by molar-refractivity contribution is 5.59. The Balaban J connectivity index is 2.40. The molecule has 0 aliphatic carbocycles. The Morgan fingerprint density at radius 2 is 2.28 bits per heavy atom. The Hall–Kier alpha value is -1.69. The van der Waals surface area contributed by atoms with Crippen molar-refractivity contribution >= 4 is 11.5 Å². The molecule has 0 spiro atoms. The summed E-state index contributed by atoms with van der Waals surface area (Å²) < 4.78 is 0. The van der Waals surface area contributed by atoms with Crippen molar-refractivity contribution in [3.63, 3.8) is 0 Å². The normalized spacial score (nSPS) is 24.1. The van der Waals surface area contributed by atoms with Gasteiger partial charge in [-0.25, -0.2) is 4.98 Å². The Kier molecular flexibility index (Phi) is 3.47. The second kappa shape index (κ2) is 4.89. The third-order valence-corrected chi connectivity index (χ3v) is 3.22. The number of aryl methyl sites for hydroxylation is 1. The molecular weight excluding hydrogens is 232 g/mol. The molecule has 1 aromatic heterocycles. The smallest absolute Gasteiger partial charge is 0.311 e. The van der Waals surface area contributed by atoms with Gasteiger partial charge in [-0.05, 0) is 26.3 Å². The van der Waals surface area contributed by atoms with E-state index in [1.807, 2.05) is 18.7 Å². The van der Waals surface area contributed by atoms with Crippen LogP contribution in [0.3, 0.4) is 0 Å². The van der Waals surface area contributed by atoms with Crippen LogP contribution in [-0.2, 0) is 0 Å². The zero-order valence-electron chi connectivity index (χ0n) is 10.9. The van der Waals surface area contributed by atoms with Gasteiger partial charge in [0.25, 0.3) is 0 Å². The fourth-order valence-corrected chi connectivity index (χ4v) is 2.22. The molecule has 1 aromatic rings. The van der Waals surface area contributed by atoms with E-state index < -0.39 is 0 Å². The van der Waals surface area contributed by atoms with E-state index >= 15 is 0 Å². The summed E-state index contributed by atoms with van der Waals surface area (Å²) in [5.74, 6) is 0.478. The molecule has 0 aromatic carbocycles. The molecule has 6 heteroatoms. The van der Waals surface area contributed by atoms with Crippen molar-refractivity contribution in [2.75, 3.05) is 18.0 Å². The maximum atomic E-state index is 11.1. The summed E-state index contributed by atoms with van der Waals surface area (Å²) in [5, 5.41) is 14.5. The number of anilines is 1. The molecule has 0 amide bonds. The van der Waals surface area contributed by atoms with Gasteiger partial charge in [0.1, 0.15) is 0 Å². The maximum Gasteiger partial charge on any atom is 0.311 e. The van der Waals surface area contributed by atoms with Gasteiger partial charge in [-0.15, -0.1) is 0 Å². The lowest BCUT2D eigenvalue weighted by Gasteiger charge is -2.38. The van der Waals surface area contributed by atoms with Gasteiger partial charge < -0.3 is 10.2 Å². The van der Waals surface area contributed by atoms with Crippen LogP contribution in [0, 0.1) is 17.0 Å².